The Kier molecular flexibility index (Phi) is 5.89. The van der Waals surface area contributed by atoms with E-state index in [-0.39, 0.29) is 12.2 Å². The minimum absolute atomic E-state index is 0.0485. The third-order valence-corrected chi connectivity index (χ3v) is 3.17. The smallest absolute Gasteiger partial charge is 0.326 e. The molecule has 0 heterocycles. The van der Waals surface area contributed by atoms with E-state index in [0.29, 0.717) is 5.56 Å². The summed E-state index contributed by atoms with van der Waals surface area (Å²) in [5, 5.41) is 23.3. The number of hydrogen-bond donors (Lipinski definition) is 4. The lowest BCUT2D eigenvalue weighted by Crippen LogP contribution is -2.57. The van der Waals surface area contributed by atoms with Crippen LogP contribution in [-0.2, 0) is 20.8 Å². The Morgan fingerprint density at radius 1 is 1.26 bits per heavy atom. The quantitative estimate of drug-likeness (QED) is 0.549. The lowest BCUT2D eigenvalue weighted by Gasteiger charge is -2.26. The van der Waals surface area contributed by atoms with Crippen molar-refractivity contribution in [3.63, 3.8) is 0 Å². The van der Waals surface area contributed by atoms with Crippen LogP contribution in [0.2, 0.25) is 0 Å². The summed E-state index contributed by atoms with van der Waals surface area (Å²) >= 11 is 0. The monoisotopic (exact) mass is 320 g/mol. The number of hydrogen-bond acceptors (Lipinski definition) is 4. The van der Waals surface area contributed by atoms with E-state index in [2.05, 4.69) is 17.2 Å². The van der Waals surface area contributed by atoms with Gasteiger partial charge in [-0.2, -0.15) is 0 Å². The maximum atomic E-state index is 12.2. The van der Waals surface area contributed by atoms with Crippen LogP contribution in [0.1, 0.15) is 19.4 Å². The van der Waals surface area contributed by atoms with Crippen LogP contribution in [0.15, 0.2) is 36.9 Å². The molecule has 1 rings (SSSR count). The van der Waals surface area contributed by atoms with Crippen LogP contribution in [0.25, 0.3) is 0 Å². The molecule has 7 heteroatoms. The first-order valence-corrected chi connectivity index (χ1v) is 6.92. The highest BCUT2D eigenvalue weighted by molar-refractivity contribution is 5.96. The SMILES string of the molecule is C=CC(=O)NC(C)(C)C(=O)NC(Cc1ccc(O)cc1)C(=O)O. The fourth-order valence-electron chi connectivity index (χ4n) is 1.82. The minimum Gasteiger partial charge on any atom is -0.508 e. The summed E-state index contributed by atoms with van der Waals surface area (Å²) in [5.74, 6) is -2.29. The summed E-state index contributed by atoms with van der Waals surface area (Å²) < 4.78 is 0. The summed E-state index contributed by atoms with van der Waals surface area (Å²) in [6.45, 7) is 6.22. The van der Waals surface area contributed by atoms with E-state index in [1.54, 1.807) is 12.1 Å². The third-order valence-electron chi connectivity index (χ3n) is 3.17. The number of benzene rings is 1. The molecule has 0 saturated heterocycles. The third kappa shape index (κ3) is 5.46. The molecule has 23 heavy (non-hydrogen) atoms. The Bertz CT molecular complexity index is 607. The van der Waals surface area contributed by atoms with E-state index < -0.39 is 29.4 Å². The van der Waals surface area contributed by atoms with Gasteiger partial charge in [-0.15, -0.1) is 0 Å². The van der Waals surface area contributed by atoms with Crippen molar-refractivity contribution in [3.8, 4) is 5.75 Å². The molecule has 0 saturated carbocycles. The highest BCUT2D eigenvalue weighted by Crippen LogP contribution is 2.12. The van der Waals surface area contributed by atoms with Gasteiger partial charge in [0.15, 0.2) is 0 Å². The van der Waals surface area contributed by atoms with Crippen LogP contribution in [0.4, 0.5) is 0 Å². The molecule has 0 aliphatic rings. The molecule has 124 valence electrons. The number of phenolic OH excluding ortho intramolecular Hbond substituents is 1. The molecule has 1 atom stereocenters. The molecule has 1 unspecified atom stereocenters. The van der Waals surface area contributed by atoms with Crippen molar-refractivity contribution in [3.05, 3.63) is 42.5 Å². The average Bonchev–Trinajstić information content (AvgIpc) is 2.47. The standard InChI is InChI=1S/C16H20N2O5/c1-4-13(20)18-16(2,3)15(23)17-12(14(21)22)9-10-5-7-11(19)8-6-10/h4-8,12,19H,1,9H2,2-3H3,(H,17,23)(H,18,20)(H,21,22). The van der Waals surface area contributed by atoms with Crippen LogP contribution < -0.4 is 10.6 Å². The Hall–Kier alpha value is -2.83. The number of aliphatic carboxylic acids is 1. The van der Waals surface area contributed by atoms with Crippen molar-refractivity contribution in [2.45, 2.75) is 31.8 Å². The highest BCUT2D eigenvalue weighted by atomic mass is 16.4. The van der Waals surface area contributed by atoms with Gasteiger partial charge in [0, 0.05) is 6.42 Å². The fourth-order valence-corrected chi connectivity index (χ4v) is 1.82. The zero-order valence-electron chi connectivity index (χ0n) is 13.0. The van der Waals surface area contributed by atoms with Crippen molar-refractivity contribution in [1.82, 2.24) is 10.6 Å². The molecule has 0 radical (unpaired) electrons. The van der Waals surface area contributed by atoms with Gasteiger partial charge in [0.1, 0.15) is 17.3 Å². The molecular formula is C16H20N2O5. The van der Waals surface area contributed by atoms with E-state index >= 15 is 0 Å². The summed E-state index contributed by atoms with van der Waals surface area (Å²) in [6.07, 6.45) is 1.08. The first kappa shape index (κ1) is 18.2. The first-order valence-electron chi connectivity index (χ1n) is 6.92. The number of aromatic hydroxyl groups is 1. The molecule has 2 amide bonds. The predicted octanol–water partition coefficient (Wildman–Crippen LogP) is 0.585. The Morgan fingerprint density at radius 2 is 1.83 bits per heavy atom. The van der Waals surface area contributed by atoms with Crippen molar-refractivity contribution >= 4 is 17.8 Å². The van der Waals surface area contributed by atoms with Gasteiger partial charge in [-0.1, -0.05) is 18.7 Å². The Labute approximate surface area is 134 Å². The zero-order chi connectivity index (χ0) is 17.6. The second kappa shape index (κ2) is 7.44. The van der Waals surface area contributed by atoms with Gasteiger partial charge in [-0.3, -0.25) is 9.59 Å². The van der Waals surface area contributed by atoms with E-state index in [1.165, 1.54) is 26.0 Å². The van der Waals surface area contributed by atoms with Crippen molar-refractivity contribution in [1.29, 1.82) is 0 Å². The van der Waals surface area contributed by atoms with E-state index in [4.69, 9.17) is 0 Å². The molecule has 0 aromatic heterocycles. The van der Waals surface area contributed by atoms with E-state index in [1.807, 2.05) is 0 Å². The molecule has 1 aromatic carbocycles. The number of rotatable bonds is 7. The molecule has 0 spiro atoms. The summed E-state index contributed by atoms with van der Waals surface area (Å²) in [6, 6.07) is 4.85. The maximum Gasteiger partial charge on any atom is 0.326 e. The van der Waals surface area contributed by atoms with Gasteiger partial charge in [0.2, 0.25) is 11.8 Å². The number of carboxylic acids is 1. The highest BCUT2D eigenvalue weighted by Gasteiger charge is 2.32. The van der Waals surface area contributed by atoms with E-state index in [9.17, 15) is 24.6 Å². The van der Waals surface area contributed by atoms with Gasteiger partial charge in [-0.25, -0.2) is 4.79 Å². The Balaban J connectivity index is 2.80. The average molecular weight is 320 g/mol. The van der Waals surface area contributed by atoms with Crippen molar-refractivity contribution in [2.75, 3.05) is 0 Å². The van der Waals surface area contributed by atoms with Crippen LogP contribution in [-0.4, -0.2) is 39.6 Å². The van der Waals surface area contributed by atoms with Gasteiger partial charge in [0.25, 0.3) is 0 Å². The first-order chi connectivity index (χ1) is 10.7. The lowest BCUT2D eigenvalue weighted by atomic mass is 10.0. The summed E-state index contributed by atoms with van der Waals surface area (Å²) in [7, 11) is 0. The van der Waals surface area contributed by atoms with Crippen LogP contribution in [0, 0.1) is 0 Å². The normalized spacial score (nSPS) is 12.1. The molecule has 0 aliphatic heterocycles. The van der Waals surface area contributed by atoms with Crippen LogP contribution in [0.3, 0.4) is 0 Å². The van der Waals surface area contributed by atoms with E-state index in [0.717, 1.165) is 6.08 Å². The zero-order valence-corrected chi connectivity index (χ0v) is 13.0. The number of carbonyl (C=O) groups is 3. The summed E-state index contributed by atoms with van der Waals surface area (Å²) in [5.41, 5.74) is -0.642. The second-order valence-electron chi connectivity index (χ2n) is 5.55. The molecule has 0 bridgehead atoms. The fraction of sp³-hybridized carbons (Fsp3) is 0.312. The molecular weight excluding hydrogens is 300 g/mol. The predicted molar refractivity (Wildman–Crippen MR) is 83.8 cm³/mol. The molecule has 1 aromatic rings. The minimum atomic E-state index is -1.28. The molecule has 7 nitrogen and oxygen atoms in total. The van der Waals surface area contributed by atoms with Crippen LogP contribution >= 0.6 is 0 Å². The molecule has 4 N–H and O–H groups in total. The number of carbonyl (C=O) groups excluding carboxylic acids is 2. The number of carboxylic acid groups (broad SMARTS) is 1. The Morgan fingerprint density at radius 3 is 2.30 bits per heavy atom. The van der Waals surface area contributed by atoms with Gasteiger partial charge in [0.05, 0.1) is 0 Å². The maximum absolute atomic E-state index is 12.2. The number of amides is 2. The van der Waals surface area contributed by atoms with Gasteiger partial charge in [-0.05, 0) is 37.6 Å². The van der Waals surface area contributed by atoms with Gasteiger partial charge >= 0.3 is 5.97 Å². The number of nitrogens with one attached hydrogen (secondary N) is 2. The van der Waals surface area contributed by atoms with Crippen molar-refractivity contribution < 1.29 is 24.6 Å². The second-order valence-corrected chi connectivity index (χ2v) is 5.55. The molecule has 0 fully saturated rings. The topological polar surface area (TPSA) is 116 Å². The van der Waals surface area contributed by atoms with Crippen molar-refractivity contribution in [2.24, 2.45) is 0 Å². The van der Waals surface area contributed by atoms with Gasteiger partial charge < -0.3 is 20.8 Å². The molecule has 0 aliphatic carbocycles. The largest absolute Gasteiger partial charge is 0.508 e. The summed E-state index contributed by atoms with van der Waals surface area (Å²) in [4.78, 5) is 34.9. The lowest BCUT2D eigenvalue weighted by molar-refractivity contribution is -0.142. The number of phenols is 1. The van der Waals surface area contributed by atoms with Crippen LogP contribution in [0.5, 0.6) is 5.75 Å².